The van der Waals surface area contributed by atoms with Gasteiger partial charge in [-0.1, -0.05) is 32.4 Å². The number of nitrogens with two attached hydrogens (primary N) is 2. The Hall–Kier alpha value is -2.08. The van der Waals surface area contributed by atoms with Crippen molar-refractivity contribution >= 4 is 11.7 Å². The SMILES string of the molecule is CC[C@H](C)[C@H](N)C(=O)NCCCOc1cccc(C(=N)N)c1. The lowest BCUT2D eigenvalue weighted by Crippen LogP contribution is -2.45. The standard InChI is InChI=1S/C16H26N4O2/c1-3-11(2)14(17)16(21)20-8-5-9-22-13-7-4-6-12(10-13)15(18)19/h4,6-7,10-11,14H,3,5,8-9,17H2,1-2H3,(H3,18,19)(H,20,21)/t11-,14-/m0/s1. The van der Waals surface area contributed by atoms with Gasteiger partial charge in [0.25, 0.3) is 0 Å². The fourth-order valence-electron chi connectivity index (χ4n) is 1.86. The summed E-state index contributed by atoms with van der Waals surface area (Å²) in [6.07, 6.45) is 1.56. The normalized spacial score (nSPS) is 13.2. The van der Waals surface area contributed by atoms with E-state index in [1.165, 1.54) is 0 Å². The highest BCUT2D eigenvalue weighted by Gasteiger charge is 2.18. The van der Waals surface area contributed by atoms with Gasteiger partial charge in [-0.3, -0.25) is 10.2 Å². The second-order valence-corrected chi connectivity index (χ2v) is 5.35. The van der Waals surface area contributed by atoms with Gasteiger partial charge >= 0.3 is 0 Å². The largest absolute Gasteiger partial charge is 0.494 e. The Kier molecular flexibility index (Phi) is 7.39. The van der Waals surface area contributed by atoms with E-state index in [0.717, 1.165) is 6.42 Å². The van der Waals surface area contributed by atoms with E-state index in [1.54, 1.807) is 18.2 Å². The Morgan fingerprint density at radius 2 is 2.18 bits per heavy atom. The number of benzene rings is 1. The summed E-state index contributed by atoms with van der Waals surface area (Å²) in [5.74, 6) is 0.727. The van der Waals surface area contributed by atoms with E-state index in [4.69, 9.17) is 21.6 Å². The number of ether oxygens (including phenoxy) is 1. The van der Waals surface area contributed by atoms with Crippen LogP contribution in [0.25, 0.3) is 0 Å². The molecule has 6 heteroatoms. The van der Waals surface area contributed by atoms with Gasteiger partial charge in [0.1, 0.15) is 11.6 Å². The summed E-state index contributed by atoms with van der Waals surface area (Å²) in [6, 6.07) is 6.62. The van der Waals surface area contributed by atoms with Gasteiger partial charge in [0, 0.05) is 12.1 Å². The summed E-state index contributed by atoms with van der Waals surface area (Å²) in [5.41, 5.74) is 11.9. The molecule has 1 amide bonds. The molecule has 1 rings (SSSR count). The van der Waals surface area contributed by atoms with Gasteiger partial charge in [-0.2, -0.15) is 0 Å². The Morgan fingerprint density at radius 3 is 2.82 bits per heavy atom. The molecule has 1 aromatic rings. The lowest BCUT2D eigenvalue weighted by Gasteiger charge is -2.17. The molecule has 0 heterocycles. The number of hydrogen-bond donors (Lipinski definition) is 4. The number of rotatable bonds is 9. The molecule has 122 valence electrons. The van der Waals surface area contributed by atoms with Crippen molar-refractivity contribution in [2.75, 3.05) is 13.2 Å². The van der Waals surface area contributed by atoms with Crippen molar-refractivity contribution in [2.24, 2.45) is 17.4 Å². The predicted molar refractivity (Wildman–Crippen MR) is 88.0 cm³/mol. The molecule has 0 aromatic heterocycles. The van der Waals surface area contributed by atoms with Gasteiger partial charge in [-0.25, -0.2) is 0 Å². The minimum atomic E-state index is -0.460. The quantitative estimate of drug-likeness (QED) is 0.312. The van der Waals surface area contributed by atoms with E-state index in [0.29, 0.717) is 30.9 Å². The van der Waals surface area contributed by atoms with E-state index >= 15 is 0 Å². The van der Waals surface area contributed by atoms with Crippen LogP contribution in [0.15, 0.2) is 24.3 Å². The first-order valence-corrected chi connectivity index (χ1v) is 7.56. The number of carbonyl (C=O) groups is 1. The van der Waals surface area contributed by atoms with Crippen molar-refractivity contribution in [3.8, 4) is 5.75 Å². The molecule has 0 saturated carbocycles. The van der Waals surface area contributed by atoms with Crippen LogP contribution in [0.2, 0.25) is 0 Å². The van der Waals surface area contributed by atoms with Gasteiger partial charge in [0.15, 0.2) is 0 Å². The molecule has 0 aliphatic heterocycles. The maximum absolute atomic E-state index is 11.8. The molecular weight excluding hydrogens is 280 g/mol. The number of carbonyl (C=O) groups excluding carboxylic acids is 1. The van der Waals surface area contributed by atoms with Crippen LogP contribution < -0.4 is 21.5 Å². The zero-order valence-electron chi connectivity index (χ0n) is 13.3. The van der Waals surface area contributed by atoms with Gasteiger partial charge < -0.3 is 21.5 Å². The van der Waals surface area contributed by atoms with Crippen molar-refractivity contribution in [3.05, 3.63) is 29.8 Å². The number of amides is 1. The summed E-state index contributed by atoms with van der Waals surface area (Å²) < 4.78 is 5.57. The lowest BCUT2D eigenvalue weighted by molar-refractivity contribution is -0.123. The smallest absolute Gasteiger partial charge is 0.237 e. The highest BCUT2D eigenvalue weighted by Crippen LogP contribution is 2.13. The molecule has 1 aromatic carbocycles. The van der Waals surface area contributed by atoms with E-state index in [1.807, 2.05) is 19.9 Å². The van der Waals surface area contributed by atoms with Crippen LogP contribution in [0.3, 0.4) is 0 Å². The summed E-state index contributed by atoms with van der Waals surface area (Å²) >= 11 is 0. The molecule has 6 N–H and O–H groups in total. The van der Waals surface area contributed by atoms with Crippen molar-refractivity contribution in [1.29, 1.82) is 5.41 Å². The Balaban J connectivity index is 2.27. The number of hydrogen-bond acceptors (Lipinski definition) is 4. The summed E-state index contributed by atoms with van der Waals surface area (Å²) in [4.78, 5) is 11.8. The van der Waals surface area contributed by atoms with Crippen LogP contribution in [0.4, 0.5) is 0 Å². The van der Waals surface area contributed by atoms with Crippen molar-refractivity contribution < 1.29 is 9.53 Å². The van der Waals surface area contributed by atoms with Gasteiger partial charge in [-0.15, -0.1) is 0 Å². The first-order chi connectivity index (χ1) is 10.5. The van der Waals surface area contributed by atoms with Crippen LogP contribution in [-0.2, 0) is 4.79 Å². The molecular formula is C16H26N4O2. The van der Waals surface area contributed by atoms with Gasteiger partial charge in [-0.05, 0) is 24.5 Å². The maximum atomic E-state index is 11.8. The topological polar surface area (TPSA) is 114 Å². The fraction of sp³-hybridized carbons (Fsp3) is 0.500. The number of nitrogen functional groups attached to an aromatic ring is 1. The van der Waals surface area contributed by atoms with Crippen LogP contribution in [0, 0.1) is 11.3 Å². The van der Waals surface area contributed by atoms with Crippen LogP contribution in [-0.4, -0.2) is 30.9 Å². The van der Waals surface area contributed by atoms with E-state index in [9.17, 15) is 4.79 Å². The minimum Gasteiger partial charge on any atom is -0.494 e. The Labute approximate surface area is 131 Å². The summed E-state index contributed by atoms with van der Waals surface area (Å²) in [7, 11) is 0. The van der Waals surface area contributed by atoms with E-state index < -0.39 is 6.04 Å². The molecule has 22 heavy (non-hydrogen) atoms. The predicted octanol–water partition coefficient (Wildman–Crippen LogP) is 1.23. The zero-order chi connectivity index (χ0) is 16.5. The molecule has 0 aliphatic rings. The molecule has 6 nitrogen and oxygen atoms in total. The third-order valence-corrected chi connectivity index (χ3v) is 3.59. The highest BCUT2D eigenvalue weighted by atomic mass is 16.5. The van der Waals surface area contributed by atoms with Crippen LogP contribution in [0.1, 0.15) is 32.3 Å². The van der Waals surface area contributed by atoms with Crippen molar-refractivity contribution in [3.63, 3.8) is 0 Å². The maximum Gasteiger partial charge on any atom is 0.237 e. The number of nitrogens with one attached hydrogen (secondary N) is 2. The average Bonchev–Trinajstić information content (AvgIpc) is 2.53. The minimum absolute atomic E-state index is 0.0109. The van der Waals surface area contributed by atoms with Crippen molar-refractivity contribution in [2.45, 2.75) is 32.7 Å². The molecule has 0 unspecified atom stereocenters. The van der Waals surface area contributed by atoms with Crippen molar-refractivity contribution in [1.82, 2.24) is 5.32 Å². The molecule has 0 radical (unpaired) electrons. The third kappa shape index (κ3) is 5.73. The molecule has 0 spiro atoms. The fourth-order valence-corrected chi connectivity index (χ4v) is 1.86. The number of amidine groups is 1. The molecule has 0 fully saturated rings. The second-order valence-electron chi connectivity index (χ2n) is 5.35. The van der Waals surface area contributed by atoms with Gasteiger partial charge in [0.2, 0.25) is 5.91 Å². The molecule has 2 atom stereocenters. The average molecular weight is 306 g/mol. The Morgan fingerprint density at radius 1 is 1.45 bits per heavy atom. The third-order valence-electron chi connectivity index (χ3n) is 3.59. The van der Waals surface area contributed by atoms with Crippen LogP contribution >= 0.6 is 0 Å². The molecule has 0 saturated heterocycles. The first-order valence-electron chi connectivity index (χ1n) is 7.56. The summed E-state index contributed by atoms with van der Waals surface area (Å²) in [5, 5.41) is 10.2. The highest BCUT2D eigenvalue weighted by molar-refractivity contribution is 5.95. The van der Waals surface area contributed by atoms with Gasteiger partial charge in [0.05, 0.1) is 12.6 Å². The Bertz CT molecular complexity index is 505. The first kappa shape index (κ1) is 18.0. The monoisotopic (exact) mass is 306 g/mol. The zero-order valence-corrected chi connectivity index (χ0v) is 13.3. The van der Waals surface area contributed by atoms with Crippen LogP contribution in [0.5, 0.6) is 5.75 Å². The lowest BCUT2D eigenvalue weighted by atomic mass is 9.99. The molecule has 0 aliphatic carbocycles. The molecule has 0 bridgehead atoms. The van der Waals surface area contributed by atoms with E-state index in [-0.39, 0.29) is 17.7 Å². The van der Waals surface area contributed by atoms with E-state index in [2.05, 4.69) is 5.32 Å². The second kappa shape index (κ2) is 9.04. The summed E-state index contributed by atoms with van der Waals surface area (Å²) in [6.45, 7) is 4.98.